The van der Waals surface area contributed by atoms with Gasteiger partial charge in [0.05, 0.1) is 0 Å². The van der Waals surface area contributed by atoms with Crippen LogP contribution in [-0.4, -0.2) is 41.9 Å². The lowest BCUT2D eigenvalue weighted by Crippen LogP contribution is -2.54. The van der Waals surface area contributed by atoms with Crippen molar-refractivity contribution in [1.29, 1.82) is 0 Å². The van der Waals surface area contributed by atoms with Gasteiger partial charge in [0.2, 0.25) is 0 Å². The Morgan fingerprint density at radius 2 is 1.68 bits per heavy atom. The molecule has 2 nitrogen and oxygen atoms in total. The van der Waals surface area contributed by atoms with Gasteiger partial charge in [-0.05, 0) is 25.7 Å². The molecule has 0 aromatic rings. The molecule has 112 valence electrons. The second-order valence-corrected chi connectivity index (χ2v) is 4.55. The van der Waals surface area contributed by atoms with Gasteiger partial charge < -0.3 is 4.90 Å². The maximum Gasteiger partial charge on any atom is 0.406 e. The Labute approximate surface area is 104 Å². The molecule has 0 aromatic heterocycles. The summed E-state index contributed by atoms with van der Waals surface area (Å²) in [5.74, 6) is -7.92. The van der Waals surface area contributed by atoms with Gasteiger partial charge in [0.25, 0.3) is 5.91 Å². The highest BCUT2D eigenvalue weighted by Gasteiger charge is 2.54. The first-order valence-electron chi connectivity index (χ1n) is 5.50. The van der Waals surface area contributed by atoms with Gasteiger partial charge in [0, 0.05) is 6.04 Å². The molecular formula is C10H12F7NO. The Kier molecular flexibility index (Phi) is 4.36. The van der Waals surface area contributed by atoms with Crippen LogP contribution in [0.2, 0.25) is 0 Å². The molecule has 0 radical (unpaired) electrons. The van der Waals surface area contributed by atoms with Crippen LogP contribution < -0.4 is 0 Å². The Hall–Kier alpha value is -1.02. The molecule has 0 aromatic carbocycles. The van der Waals surface area contributed by atoms with Crippen molar-refractivity contribution in [2.75, 3.05) is 6.54 Å². The first-order chi connectivity index (χ1) is 8.47. The third kappa shape index (κ3) is 3.97. The normalized spacial score (nSPS) is 18.6. The minimum absolute atomic E-state index is 0.191. The van der Waals surface area contributed by atoms with Crippen LogP contribution in [0.1, 0.15) is 19.8 Å². The van der Waals surface area contributed by atoms with Gasteiger partial charge in [-0.15, -0.1) is 0 Å². The van der Waals surface area contributed by atoms with Crippen LogP contribution in [0.4, 0.5) is 30.7 Å². The number of carbonyl (C=O) groups is 1. The number of halogens is 7. The zero-order valence-corrected chi connectivity index (χ0v) is 9.85. The summed E-state index contributed by atoms with van der Waals surface area (Å²) in [6.07, 6.45) is -8.27. The zero-order valence-electron chi connectivity index (χ0n) is 9.85. The fourth-order valence-electron chi connectivity index (χ4n) is 1.71. The second kappa shape index (κ2) is 5.16. The van der Waals surface area contributed by atoms with E-state index < -0.39 is 37.0 Å². The summed E-state index contributed by atoms with van der Waals surface area (Å²) >= 11 is 0. The van der Waals surface area contributed by atoms with Crippen molar-refractivity contribution in [2.45, 2.75) is 44.3 Å². The van der Waals surface area contributed by atoms with E-state index in [0.29, 0.717) is 12.8 Å². The van der Waals surface area contributed by atoms with Crippen molar-refractivity contribution in [3.8, 4) is 0 Å². The summed E-state index contributed by atoms with van der Waals surface area (Å²) in [6.45, 7) is -0.797. The predicted molar refractivity (Wildman–Crippen MR) is 50.9 cm³/mol. The fraction of sp³-hybridized carbons (Fsp3) is 0.900. The Morgan fingerprint density at radius 3 is 2.00 bits per heavy atom. The molecule has 0 spiro atoms. The minimum atomic E-state index is -5.10. The van der Waals surface area contributed by atoms with E-state index in [9.17, 15) is 35.5 Å². The maximum atomic E-state index is 12.9. The monoisotopic (exact) mass is 295 g/mol. The average molecular weight is 295 g/mol. The molecule has 0 bridgehead atoms. The minimum Gasteiger partial charge on any atom is -0.325 e. The van der Waals surface area contributed by atoms with Crippen LogP contribution in [0, 0.1) is 5.92 Å². The first-order valence-corrected chi connectivity index (χ1v) is 5.50. The largest absolute Gasteiger partial charge is 0.406 e. The lowest BCUT2D eigenvalue weighted by Gasteiger charge is -2.32. The SMILES string of the molecule is CC(C1CC1)N(CC(F)(F)F)C(=O)C(F)(F)C(F)F. The number of alkyl halides is 7. The van der Waals surface area contributed by atoms with Gasteiger partial charge in [-0.2, -0.15) is 22.0 Å². The molecule has 1 rings (SSSR count). The predicted octanol–water partition coefficient (Wildman–Crippen LogP) is 3.08. The van der Waals surface area contributed by atoms with E-state index in [2.05, 4.69) is 0 Å². The van der Waals surface area contributed by atoms with Crippen LogP contribution >= 0.6 is 0 Å². The van der Waals surface area contributed by atoms with Crippen molar-refractivity contribution in [2.24, 2.45) is 5.92 Å². The van der Waals surface area contributed by atoms with E-state index >= 15 is 0 Å². The molecule has 0 aliphatic heterocycles. The maximum absolute atomic E-state index is 12.9. The number of hydrogen-bond acceptors (Lipinski definition) is 1. The molecule has 1 unspecified atom stereocenters. The van der Waals surface area contributed by atoms with Crippen molar-refractivity contribution in [1.82, 2.24) is 4.90 Å². The molecular weight excluding hydrogens is 283 g/mol. The van der Waals surface area contributed by atoms with E-state index in [4.69, 9.17) is 0 Å². The summed E-state index contributed by atoms with van der Waals surface area (Å²) in [4.78, 5) is 11.1. The molecule has 0 saturated heterocycles. The van der Waals surface area contributed by atoms with Gasteiger partial charge in [0.1, 0.15) is 6.54 Å². The van der Waals surface area contributed by atoms with Gasteiger partial charge in [0.15, 0.2) is 0 Å². The highest BCUT2D eigenvalue weighted by molar-refractivity contribution is 5.84. The third-order valence-electron chi connectivity index (χ3n) is 2.97. The number of rotatable bonds is 5. The number of nitrogens with zero attached hydrogens (tertiary/aromatic N) is 1. The summed E-state index contributed by atoms with van der Waals surface area (Å²) in [5, 5.41) is 0. The third-order valence-corrected chi connectivity index (χ3v) is 2.97. The summed E-state index contributed by atoms with van der Waals surface area (Å²) in [5.41, 5.74) is 0. The smallest absolute Gasteiger partial charge is 0.325 e. The lowest BCUT2D eigenvalue weighted by atomic mass is 10.1. The molecule has 1 atom stereocenters. The Balaban J connectivity index is 2.92. The van der Waals surface area contributed by atoms with E-state index in [1.807, 2.05) is 0 Å². The van der Waals surface area contributed by atoms with Crippen molar-refractivity contribution in [3.05, 3.63) is 0 Å². The van der Waals surface area contributed by atoms with Gasteiger partial charge >= 0.3 is 18.5 Å². The molecule has 1 aliphatic rings. The summed E-state index contributed by atoms with van der Waals surface area (Å²) in [7, 11) is 0. The average Bonchev–Trinajstić information content (AvgIpc) is 3.06. The fourth-order valence-corrected chi connectivity index (χ4v) is 1.71. The molecule has 0 heterocycles. The number of amides is 1. The second-order valence-electron chi connectivity index (χ2n) is 4.55. The Bertz CT molecular complexity index is 337. The van der Waals surface area contributed by atoms with E-state index in [0.717, 1.165) is 6.92 Å². The van der Waals surface area contributed by atoms with Crippen LogP contribution in [0.3, 0.4) is 0 Å². The molecule has 19 heavy (non-hydrogen) atoms. The van der Waals surface area contributed by atoms with Crippen LogP contribution in [0.25, 0.3) is 0 Å². The van der Waals surface area contributed by atoms with Crippen molar-refractivity contribution >= 4 is 5.91 Å². The Morgan fingerprint density at radius 1 is 1.21 bits per heavy atom. The van der Waals surface area contributed by atoms with Gasteiger partial charge in [-0.3, -0.25) is 4.79 Å². The molecule has 0 N–H and O–H groups in total. The van der Waals surface area contributed by atoms with Crippen LogP contribution in [0.15, 0.2) is 0 Å². The van der Waals surface area contributed by atoms with E-state index in [1.54, 1.807) is 0 Å². The molecule has 1 aliphatic carbocycles. The first kappa shape index (κ1) is 16.0. The van der Waals surface area contributed by atoms with Gasteiger partial charge in [-0.25, -0.2) is 8.78 Å². The van der Waals surface area contributed by atoms with Gasteiger partial charge in [-0.1, -0.05) is 0 Å². The highest BCUT2D eigenvalue weighted by Crippen LogP contribution is 2.38. The van der Waals surface area contributed by atoms with Crippen LogP contribution in [-0.2, 0) is 4.79 Å². The van der Waals surface area contributed by atoms with E-state index in [1.165, 1.54) is 0 Å². The molecule has 1 saturated carbocycles. The topological polar surface area (TPSA) is 20.3 Å². The lowest BCUT2D eigenvalue weighted by molar-refractivity contribution is -0.197. The van der Waals surface area contributed by atoms with Crippen molar-refractivity contribution < 1.29 is 35.5 Å². The molecule has 1 fully saturated rings. The summed E-state index contributed by atoms with van der Waals surface area (Å²) in [6, 6.07) is -1.14. The molecule has 9 heteroatoms. The quantitative estimate of drug-likeness (QED) is 0.714. The van der Waals surface area contributed by atoms with E-state index in [-0.39, 0.29) is 10.8 Å². The van der Waals surface area contributed by atoms with Crippen molar-refractivity contribution in [3.63, 3.8) is 0 Å². The summed E-state index contributed by atoms with van der Waals surface area (Å²) < 4.78 is 86.7. The number of carbonyl (C=O) groups excluding carboxylic acids is 1. The molecule has 1 amide bonds. The standard InChI is InChI=1S/C10H12F7NO/c1-5(6-2-3-6)18(4-9(13,14)15)8(19)10(16,17)7(11)12/h5-7H,2-4H2,1H3. The number of hydrogen-bond donors (Lipinski definition) is 0. The zero-order chi connectivity index (χ0) is 15.0. The van der Waals surface area contributed by atoms with Crippen LogP contribution in [0.5, 0.6) is 0 Å². The highest BCUT2D eigenvalue weighted by atomic mass is 19.4.